The van der Waals surface area contributed by atoms with Gasteiger partial charge in [-0.05, 0) is 0 Å². The van der Waals surface area contributed by atoms with Crippen molar-refractivity contribution in [1.29, 1.82) is 0 Å². The monoisotopic (exact) mass is 224 g/mol. The lowest BCUT2D eigenvalue weighted by atomic mass is 10.2. The lowest BCUT2D eigenvalue weighted by molar-refractivity contribution is -0.873. The predicted octanol–water partition coefficient (Wildman–Crippen LogP) is -0.270. The van der Waals surface area contributed by atoms with Crippen LogP contribution in [0.5, 0.6) is 0 Å². The van der Waals surface area contributed by atoms with Gasteiger partial charge in [0.2, 0.25) is 0 Å². The summed E-state index contributed by atoms with van der Waals surface area (Å²) >= 11 is 0. The minimum Gasteiger partial charge on any atom is -0.479 e. The van der Waals surface area contributed by atoms with Crippen LogP contribution in [0.1, 0.15) is 0 Å². The molecular formula is C7H15NO5P+. The minimum absolute atomic E-state index is 0.201. The summed E-state index contributed by atoms with van der Waals surface area (Å²) in [6, 6.07) is 0. The summed E-state index contributed by atoms with van der Waals surface area (Å²) < 4.78 is 14.8. The molecule has 0 bridgehead atoms. The molecule has 0 aliphatic heterocycles. The zero-order chi connectivity index (χ0) is 11.4. The van der Waals surface area contributed by atoms with Crippen LogP contribution in [0.2, 0.25) is 0 Å². The van der Waals surface area contributed by atoms with Gasteiger partial charge >= 0.3 is 14.7 Å². The second kappa shape index (κ2) is 5.36. The van der Waals surface area contributed by atoms with Gasteiger partial charge in [0.1, 0.15) is 12.6 Å². The van der Waals surface area contributed by atoms with E-state index < -0.39 is 26.9 Å². The number of carboxylic acids is 1. The molecule has 0 amide bonds. The summed E-state index contributed by atoms with van der Waals surface area (Å²) in [6.45, 7) is 0.201. The van der Waals surface area contributed by atoms with Crippen LogP contribution in [0.15, 0.2) is 0 Å². The van der Waals surface area contributed by atoms with Gasteiger partial charge in [-0.25, -0.2) is 9.36 Å². The number of aliphatic hydroxyl groups excluding tert-OH is 1. The molecule has 0 spiro atoms. The van der Waals surface area contributed by atoms with E-state index in [-0.39, 0.29) is 6.54 Å². The Balaban J connectivity index is 4.36. The smallest absolute Gasteiger partial charge is 0.336 e. The van der Waals surface area contributed by atoms with Gasteiger partial charge in [-0.2, -0.15) is 0 Å². The lowest BCUT2D eigenvalue weighted by Gasteiger charge is -2.28. The molecule has 0 fully saturated rings. The molecule has 2 N–H and O–H groups in total. The normalized spacial score (nSPS) is 16.6. The molecule has 0 heterocycles. The van der Waals surface area contributed by atoms with Gasteiger partial charge in [0.15, 0.2) is 6.10 Å². The summed E-state index contributed by atoms with van der Waals surface area (Å²) in [5, 5.41) is 18.1. The Morgan fingerprint density at radius 3 is 2.29 bits per heavy atom. The first-order valence-electron chi connectivity index (χ1n) is 3.97. The van der Waals surface area contributed by atoms with Gasteiger partial charge in [-0.1, -0.05) is 0 Å². The molecule has 2 unspecified atom stereocenters. The van der Waals surface area contributed by atoms with Crippen LogP contribution in [0, 0.1) is 0 Å². The van der Waals surface area contributed by atoms with Crippen LogP contribution in [-0.2, 0) is 13.9 Å². The maximum Gasteiger partial charge on any atom is 0.336 e. The van der Waals surface area contributed by atoms with Crippen molar-refractivity contribution in [2.75, 3.05) is 27.7 Å². The first kappa shape index (κ1) is 13.4. The molecule has 0 saturated heterocycles. The number of rotatable bonds is 6. The zero-order valence-electron chi connectivity index (χ0n) is 8.38. The van der Waals surface area contributed by atoms with E-state index in [0.29, 0.717) is 4.48 Å². The fraction of sp³-hybridized carbons (Fsp3) is 0.857. The molecule has 2 atom stereocenters. The van der Waals surface area contributed by atoms with Gasteiger partial charge in [-0.3, -0.25) is 4.52 Å². The molecule has 82 valence electrons. The molecular weight excluding hydrogens is 209 g/mol. The molecule has 0 saturated carbocycles. The van der Waals surface area contributed by atoms with Crippen LogP contribution in [0.3, 0.4) is 0 Å². The fourth-order valence-corrected chi connectivity index (χ4v) is 1.31. The molecule has 0 rings (SSSR count). The van der Waals surface area contributed by atoms with E-state index in [0.717, 1.165) is 0 Å². The Kier molecular flexibility index (Phi) is 5.15. The number of aliphatic carboxylic acids is 1. The predicted molar refractivity (Wildman–Crippen MR) is 49.0 cm³/mol. The number of likely N-dealkylation sites (N-methyl/N-ethyl adjacent to an activating group) is 1. The van der Waals surface area contributed by atoms with Crippen LogP contribution in [0.25, 0.3) is 0 Å². The van der Waals surface area contributed by atoms with E-state index in [2.05, 4.69) is 4.52 Å². The maximum absolute atomic E-state index is 10.6. The third-order valence-corrected chi connectivity index (χ3v) is 1.80. The summed E-state index contributed by atoms with van der Waals surface area (Å²) in [4.78, 5) is 10.6. The van der Waals surface area contributed by atoms with Crippen LogP contribution < -0.4 is 0 Å². The van der Waals surface area contributed by atoms with E-state index in [1.54, 1.807) is 21.1 Å². The van der Waals surface area contributed by atoms with Crippen molar-refractivity contribution in [2.24, 2.45) is 0 Å². The highest BCUT2D eigenvalue weighted by atomic mass is 31.1. The van der Waals surface area contributed by atoms with E-state index in [4.69, 9.17) is 5.11 Å². The van der Waals surface area contributed by atoms with E-state index >= 15 is 0 Å². The first-order valence-corrected chi connectivity index (χ1v) is 4.71. The van der Waals surface area contributed by atoms with Crippen molar-refractivity contribution in [3.05, 3.63) is 0 Å². The lowest BCUT2D eigenvalue weighted by Crippen LogP contribution is -2.48. The van der Waals surface area contributed by atoms with Crippen molar-refractivity contribution in [2.45, 2.75) is 12.2 Å². The van der Waals surface area contributed by atoms with Crippen molar-refractivity contribution in [1.82, 2.24) is 0 Å². The molecule has 7 heteroatoms. The van der Waals surface area contributed by atoms with Gasteiger partial charge in [-0.15, -0.1) is 0 Å². The Morgan fingerprint density at radius 2 is 2.00 bits per heavy atom. The summed E-state index contributed by atoms with van der Waals surface area (Å²) in [6.07, 6.45) is -2.64. The third kappa shape index (κ3) is 5.24. The largest absolute Gasteiger partial charge is 0.479 e. The highest BCUT2D eigenvalue weighted by molar-refractivity contribution is 7.17. The number of carboxylic acid groups (broad SMARTS) is 1. The van der Waals surface area contributed by atoms with E-state index in [1.807, 2.05) is 0 Å². The van der Waals surface area contributed by atoms with Crippen molar-refractivity contribution in [3.8, 4) is 0 Å². The second-order valence-corrected chi connectivity index (χ2v) is 4.34. The third-order valence-electron chi connectivity index (χ3n) is 1.48. The standard InChI is InChI=1S/C7H14NO5P/c1-8(2,3)4-5(9)6(7(10)11)13-14-12/h5-6,9H,4H2,1-3H3/p+1. The Morgan fingerprint density at radius 1 is 1.50 bits per heavy atom. The molecule has 0 aliphatic rings. The van der Waals surface area contributed by atoms with Crippen LogP contribution >= 0.6 is 8.69 Å². The number of hydrogen-bond acceptors (Lipinski definition) is 4. The van der Waals surface area contributed by atoms with Crippen molar-refractivity contribution in [3.63, 3.8) is 0 Å². The van der Waals surface area contributed by atoms with Gasteiger partial charge in [0.05, 0.1) is 21.1 Å². The van der Waals surface area contributed by atoms with E-state index in [1.165, 1.54) is 0 Å². The van der Waals surface area contributed by atoms with Crippen molar-refractivity contribution < 1.29 is 28.6 Å². The van der Waals surface area contributed by atoms with Crippen LogP contribution in [0.4, 0.5) is 0 Å². The zero-order valence-corrected chi connectivity index (χ0v) is 9.27. The SMILES string of the molecule is C[N+](C)(C)CC(O)C(OP=O)C(=O)O. The van der Waals surface area contributed by atoms with Crippen molar-refractivity contribution >= 4 is 14.7 Å². The summed E-state index contributed by atoms with van der Waals surface area (Å²) in [5.74, 6) is -1.32. The second-order valence-electron chi connectivity index (χ2n) is 3.98. The van der Waals surface area contributed by atoms with Gasteiger partial charge in [0.25, 0.3) is 0 Å². The number of aliphatic hydroxyl groups is 1. The summed E-state index contributed by atoms with van der Waals surface area (Å²) in [5.41, 5.74) is 0. The number of carbonyl (C=O) groups is 1. The average molecular weight is 224 g/mol. The highest BCUT2D eigenvalue weighted by Crippen LogP contribution is 2.10. The quantitative estimate of drug-likeness (QED) is 0.479. The topological polar surface area (TPSA) is 83.8 Å². The first-order chi connectivity index (χ1) is 6.28. The van der Waals surface area contributed by atoms with Crippen LogP contribution in [-0.4, -0.2) is 60.6 Å². The molecule has 0 aromatic carbocycles. The Labute approximate surface area is 84.0 Å². The highest BCUT2D eigenvalue weighted by Gasteiger charge is 2.32. The Hall–Kier alpha value is -0.550. The number of nitrogens with zero attached hydrogens (tertiary/aromatic N) is 1. The molecule has 14 heavy (non-hydrogen) atoms. The average Bonchev–Trinajstić information content (AvgIpc) is 1.95. The van der Waals surface area contributed by atoms with Gasteiger partial charge < -0.3 is 14.7 Å². The van der Waals surface area contributed by atoms with Gasteiger partial charge in [0, 0.05) is 0 Å². The summed E-state index contributed by atoms with van der Waals surface area (Å²) in [7, 11) is 4.66. The molecule has 0 radical (unpaired) electrons. The minimum atomic E-state index is -1.45. The molecule has 0 aromatic rings. The Bertz CT molecular complexity index is 215. The number of hydrogen-bond donors (Lipinski definition) is 2. The number of quaternary nitrogens is 1. The molecule has 0 aromatic heterocycles. The molecule has 0 aliphatic carbocycles. The molecule has 6 nitrogen and oxygen atoms in total. The fourth-order valence-electron chi connectivity index (χ4n) is 0.983. The maximum atomic E-state index is 10.6. The van der Waals surface area contributed by atoms with E-state index in [9.17, 15) is 14.5 Å².